The van der Waals surface area contributed by atoms with Gasteiger partial charge in [-0.05, 0) is 73.6 Å². The molecule has 0 fully saturated rings. The van der Waals surface area contributed by atoms with Gasteiger partial charge in [-0.15, -0.1) is 0 Å². The Bertz CT molecular complexity index is 3480. The Balaban J connectivity index is 1.20. The van der Waals surface area contributed by atoms with Crippen LogP contribution >= 0.6 is 0 Å². The molecule has 0 spiro atoms. The number of hydrogen-bond acceptors (Lipinski definition) is 1. The van der Waals surface area contributed by atoms with Crippen molar-refractivity contribution in [2.75, 3.05) is 0 Å². The lowest BCUT2D eigenvalue weighted by molar-refractivity contribution is 0.600. The molecule has 65 heavy (non-hydrogen) atoms. The van der Waals surface area contributed by atoms with Crippen LogP contribution in [0.5, 0.6) is 0 Å². The summed E-state index contributed by atoms with van der Waals surface area (Å²) in [6.07, 6.45) is 0. The standard InChI is InChI=1S/C60H44N2OSi2/c1-7-24-45(25-8-1)61-57-41-22-20-39-55(57)59-58(61)43-42-54-53-38-19-21-40-56(53)62(60(54)59)46-26-23-37-52(44-46)65(50-33-15-5-16-34-50,51-35-17-6-18-36-51)63-64(47-27-9-2-10-28-47,48-29-11-3-12-30-48)49-31-13-4-14-32-49/h1-44H. The molecule has 0 bridgehead atoms. The van der Waals surface area contributed by atoms with Crippen LogP contribution in [-0.2, 0) is 4.12 Å². The Hall–Kier alpha value is -7.81. The predicted molar refractivity (Wildman–Crippen MR) is 278 cm³/mol. The molecule has 308 valence electrons. The lowest BCUT2D eigenvalue weighted by Crippen LogP contribution is -2.81. The molecule has 12 aromatic rings. The molecule has 0 atom stereocenters. The summed E-state index contributed by atoms with van der Waals surface area (Å²) in [5.41, 5.74) is 6.96. The molecule has 0 unspecified atom stereocenters. The highest BCUT2D eigenvalue weighted by atomic mass is 28.4. The fraction of sp³-hybridized carbons (Fsp3) is 0. The van der Waals surface area contributed by atoms with E-state index in [0.717, 1.165) is 16.9 Å². The summed E-state index contributed by atoms with van der Waals surface area (Å²) in [7, 11) is -6.80. The largest absolute Gasteiger partial charge is 0.435 e. The number of para-hydroxylation sites is 3. The van der Waals surface area contributed by atoms with Gasteiger partial charge < -0.3 is 13.2 Å². The van der Waals surface area contributed by atoms with E-state index >= 15 is 0 Å². The van der Waals surface area contributed by atoms with Gasteiger partial charge in [-0.25, -0.2) is 0 Å². The van der Waals surface area contributed by atoms with Crippen LogP contribution in [0.25, 0.3) is 55.0 Å². The minimum absolute atomic E-state index is 1.09. The molecular weight excluding hydrogens is 821 g/mol. The average molecular weight is 865 g/mol. The first-order valence-corrected chi connectivity index (χ1v) is 26.2. The third kappa shape index (κ3) is 6.20. The second-order valence-electron chi connectivity index (χ2n) is 16.7. The molecule has 0 amide bonds. The number of aromatic nitrogens is 2. The van der Waals surface area contributed by atoms with E-state index in [1.807, 2.05) is 0 Å². The zero-order valence-electron chi connectivity index (χ0n) is 35.7. The molecule has 5 heteroatoms. The van der Waals surface area contributed by atoms with E-state index in [4.69, 9.17) is 4.12 Å². The van der Waals surface area contributed by atoms with E-state index in [2.05, 4.69) is 276 Å². The molecular formula is C60H44N2OSi2. The zero-order chi connectivity index (χ0) is 43.2. The number of hydrogen-bond donors (Lipinski definition) is 0. The minimum Gasteiger partial charge on any atom is -0.435 e. The Morgan fingerprint density at radius 2 is 0.646 bits per heavy atom. The highest BCUT2D eigenvalue weighted by molar-refractivity contribution is 7.18. The van der Waals surface area contributed by atoms with Gasteiger partial charge in [0.2, 0.25) is 0 Å². The molecule has 0 radical (unpaired) electrons. The molecule has 0 saturated heterocycles. The molecule has 10 aromatic carbocycles. The van der Waals surface area contributed by atoms with Gasteiger partial charge in [0.15, 0.2) is 0 Å². The van der Waals surface area contributed by atoms with Crippen molar-refractivity contribution in [2.24, 2.45) is 0 Å². The molecule has 0 N–H and O–H groups in total. The van der Waals surface area contributed by atoms with Crippen molar-refractivity contribution in [3.8, 4) is 11.4 Å². The molecule has 2 aromatic heterocycles. The van der Waals surface area contributed by atoms with Crippen LogP contribution in [0.15, 0.2) is 267 Å². The SMILES string of the molecule is c1ccc(-n2c3ccccc3c3c2ccc2c4ccccc4n(-c4cccc([Si](O[Si](c5ccccc5)(c5ccccc5)c5ccccc5)(c5ccccc5)c5ccccc5)c4)c23)cc1. The molecule has 12 rings (SSSR count). The van der Waals surface area contributed by atoms with Crippen LogP contribution in [0.2, 0.25) is 0 Å². The highest BCUT2D eigenvalue weighted by Crippen LogP contribution is 2.42. The lowest BCUT2D eigenvalue weighted by Gasteiger charge is -2.44. The molecule has 0 saturated carbocycles. The predicted octanol–water partition coefficient (Wildman–Crippen LogP) is 10.5. The van der Waals surface area contributed by atoms with Crippen LogP contribution in [0.1, 0.15) is 0 Å². The van der Waals surface area contributed by atoms with Crippen molar-refractivity contribution in [1.29, 1.82) is 0 Å². The summed E-state index contributed by atoms with van der Waals surface area (Å²) in [6.45, 7) is 0. The minimum atomic E-state index is -3.48. The van der Waals surface area contributed by atoms with Gasteiger partial charge in [0.05, 0.1) is 22.1 Å². The van der Waals surface area contributed by atoms with Gasteiger partial charge in [-0.2, -0.15) is 0 Å². The number of benzene rings is 10. The van der Waals surface area contributed by atoms with E-state index in [1.54, 1.807) is 0 Å². The maximum absolute atomic E-state index is 8.73. The van der Waals surface area contributed by atoms with Crippen molar-refractivity contribution < 1.29 is 4.12 Å². The van der Waals surface area contributed by atoms with E-state index in [1.165, 1.54) is 69.2 Å². The lowest BCUT2D eigenvalue weighted by atomic mass is 10.1. The van der Waals surface area contributed by atoms with Crippen molar-refractivity contribution in [3.63, 3.8) is 0 Å². The Labute approximate surface area is 381 Å². The van der Waals surface area contributed by atoms with Crippen LogP contribution < -0.4 is 31.1 Å². The van der Waals surface area contributed by atoms with Crippen molar-refractivity contribution in [3.05, 3.63) is 267 Å². The maximum atomic E-state index is 8.73. The number of fused-ring (bicyclic) bond motifs is 7. The third-order valence-corrected chi connectivity index (χ3v) is 22.5. The van der Waals surface area contributed by atoms with E-state index in [-0.39, 0.29) is 0 Å². The van der Waals surface area contributed by atoms with Gasteiger partial charge in [-0.3, -0.25) is 0 Å². The summed E-state index contributed by atoms with van der Waals surface area (Å²) in [5, 5.41) is 12.1. The normalized spacial score (nSPS) is 12.1. The van der Waals surface area contributed by atoms with Gasteiger partial charge in [0.1, 0.15) is 0 Å². The molecule has 2 heterocycles. The van der Waals surface area contributed by atoms with Gasteiger partial charge in [-0.1, -0.05) is 224 Å². The zero-order valence-corrected chi connectivity index (χ0v) is 37.7. The smallest absolute Gasteiger partial charge is 0.278 e. The van der Waals surface area contributed by atoms with Gasteiger partial charge in [0.25, 0.3) is 16.6 Å². The van der Waals surface area contributed by atoms with E-state index in [9.17, 15) is 0 Å². The van der Waals surface area contributed by atoms with Gasteiger partial charge >= 0.3 is 0 Å². The topological polar surface area (TPSA) is 19.1 Å². The maximum Gasteiger partial charge on any atom is 0.278 e. The fourth-order valence-corrected chi connectivity index (χ4v) is 21.1. The molecule has 0 aliphatic rings. The summed E-state index contributed by atoms with van der Waals surface area (Å²) in [5.74, 6) is 0. The molecule has 0 aliphatic heterocycles. The summed E-state index contributed by atoms with van der Waals surface area (Å²) < 4.78 is 13.7. The van der Waals surface area contributed by atoms with Crippen LogP contribution in [0.4, 0.5) is 0 Å². The first-order chi connectivity index (χ1) is 32.3. The summed E-state index contributed by atoms with van der Waals surface area (Å²) >= 11 is 0. The van der Waals surface area contributed by atoms with Crippen molar-refractivity contribution in [1.82, 2.24) is 9.13 Å². The summed E-state index contributed by atoms with van der Waals surface area (Å²) in [4.78, 5) is 0. The molecule has 3 nitrogen and oxygen atoms in total. The first-order valence-electron chi connectivity index (χ1n) is 22.4. The third-order valence-electron chi connectivity index (χ3n) is 13.2. The Morgan fingerprint density at radius 1 is 0.262 bits per heavy atom. The number of rotatable bonds is 10. The van der Waals surface area contributed by atoms with Crippen LogP contribution in [0, 0.1) is 0 Å². The van der Waals surface area contributed by atoms with Crippen molar-refractivity contribution >= 4 is 91.4 Å². The van der Waals surface area contributed by atoms with E-state index < -0.39 is 16.6 Å². The fourth-order valence-electron chi connectivity index (χ4n) is 10.4. The molecule has 0 aliphatic carbocycles. The second kappa shape index (κ2) is 16.1. The quantitative estimate of drug-likeness (QED) is 0.0990. The second-order valence-corrected chi connectivity index (χ2v) is 23.7. The summed E-state index contributed by atoms with van der Waals surface area (Å²) in [6, 6.07) is 97.6. The van der Waals surface area contributed by atoms with Crippen LogP contribution in [-0.4, -0.2) is 25.8 Å². The van der Waals surface area contributed by atoms with Crippen LogP contribution in [0.3, 0.4) is 0 Å². The monoisotopic (exact) mass is 864 g/mol. The highest BCUT2D eigenvalue weighted by Gasteiger charge is 2.53. The first kappa shape index (κ1) is 38.8. The van der Waals surface area contributed by atoms with E-state index in [0.29, 0.717) is 0 Å². The van der Waals surface area contributed by atoms with Crippen molar-refractivity contribution in [2.45, 2.75) is 0 Å². The average Bonchev–Trinajstić information content (AvgIpc) is 3.92. The Kier molecular flexibility index (Phi) is 9.60. The Morgan fingerprint density at radius 3 is 1.15 bits per heavy atom. The van der Waals surface area contributed by atoms with Gasteiger partial charge in [0, 0.05) is 32.9 Å². The number of nitrogens with zero attached hydrogens (tertiary/aromatic N) is 2.